The molecule has 1 atom stereocenters. The summed E-state index contributed by atoms with van der Waals surface area (Å²) >= 11 is 0. The Labute approximate surface area is 157 Å². The second kappa shape index (κ2) is 11.3. The van der Waals surface area contributed by atoms with Crippen LogP contribution < -0.4 is 0 Å². The lowest BCUT2D eigenvalue weighted by Gasteiger charge is -2.29. The van der Waals surface area contributed by atoms with Crippen molar-refractivity contribution in [3.63, 3.8) is 0 Å². The van der Waals surface area contributed by atoms with Crippen LogP contribution in [0.4, 0.5) is 0 Å². The maximum atomic E-state index is 12.5. The van der Waals surface area contributed by atoms with E-state index < -0.39 is 0 Å². The molecule has 0 aliphatic rings. The van der Waals surface area contributed by atoms with Crippen molar-refractivity contribution < 1.29 is 9.53 Å². The first kappa shape index (κ1) is 19.9. The number of benzene rings is 2. The topological polar surface area (TPSA) is 29.5 Å². The molecule has 3 nitrogen and oxygen atoms in total. The molecule has 0 radical (unpaired) electrons. The van der Waals surface area contributed by atoms with E-state index in [9.17, 15) is 4.79 Å². The van der Waals surface area contributed by atoms with Gasteiger partial charge in [0.25, 0.3) is 0 Å². The summed E-state index contributed by atoms with van der Waals surface area (Å²) in [6, 6.07) is 20.5. The van der Waals surface area contributed by atoms with Crippen LogP contribution in [0.1, 0.15) is 24.5 Å². The Morgan fingerprint density at radius 2 is 1.50 bits per heavy atom. The molecule has 2 aromatic rings. The number of rotatable bonds is 11. The largest absolute Gasteiger partial charge is 0.465 e. The number of nitrogens with zero attached hydrogens (tertiary/aromatic N) is 1. The highest BCUT2D eigenvalue weighted by Crippen LogP contribution is 2.12. The van der Waals surface area contributed by atoms with Gasteiger partial charge in [-0.05, 0) is 37.3 Å². The fraction of sp³-hybridized carbons (Fsp3) is 0.348. The number of esters is 1. The summed E-state index contributed by atoms with van der Waals surface area (Å²) in [4.78, 5) is 14.7. The predicted octanol–water partition coefficient (Wildman–Crippen LogP) is 4.28. The van der Waals surface area contributed by atoms with Gasteiger partial charge in [-0.25, -0.2) is 0 Å². The average Bonchev–Trinajstić information content (AvgIpc) is 2.68. The molecule has 26 heavy (non-hydrogen) atoms. The molecule has 0 aliphatic carbocycles. The summed E-state index contributed by atoms with van der Waals surface area (Å²) in [6.07, 6.45) is 4.22. The fourth-order valence-corrected chi connectivity index (χ4v) is 3.05. The van der Waals surface area contributed by atoms with E-state index >= 15 is 0 Å². The van der Waals surface area contributed by atoms with Crippen LogP contribution >= 0.6 is 0 Å². The Hall–Kier alpha value is -2.39. The Morgan fingerprint density at radius 3 is 1.92 bits per heavy atom. The molecule has 0 aromatic heterocycles. The van der Waals surface area contributed by atoms with Crippen LogP contribution in [-0.2, 0) is 22.4 Å². The lowest BCUT2D eigenvalue weighted by Crippen LogP contribution is -2.44. The van der Waals surface area contributed by atoms with Crippen molar-refractivity contribution in [2.24, 2.45) is 0 Å². The summed E-state index contributed by atoms with van der Waals surface area (Å²) in [6.45, 7) is 7.70. The molecular weight excluding hydrogens is 322 g/mol. The minimum Gasteiger partial charge on any atom is -0.465 e. The molecule has 2 aromatic carbocycles. The van der Waals surface area contributed by atoms with Gasteiger partial charge in [-0.3, -0.25) is 9.69 Å². The summed E-state index contributed by atoms with van der Waals surface area (Å²) in [5.74, 6) is -0.159. The summed E-state index contributed by atoms with van der Waals surface area (Å²) in [7, 11) is 0. The minimum atomic E-state index is -0.278. The van der Waals surface area contributed by atoms with E-state index in [1.807, 2.05) is 19.1 Å². The van der Waals surface area contributed by atoms with Gasteiger partial charge in [-0.15, -0.1) is 6.58 Å². The third-order valence-electron chi connectivity index (χ3n) is 4.45. The maximum Gasteiger partial charge on any atom is 0.323 e. The van der Waals surface area contributed by atoms with E-state index in [1.165, 1.54) is 11.1 Å². The predicted molar refractivity (Wildman–Crippen MR) is 107 cm³/mol. The Morgan fingerprint density at radius 1 is 1.00 bits per heavy atom. The smallest absolute Gasteiger partial charge is 0.323 e. The van der Waals surface area contributed by atoms with Gasteiger partial charge in [0.05, 0.1) is 6.61 Å². The summed E-state index contributed by atoms with van der Waals surface area (Å²) in [5.41, 5.74) is 2.55. The quantitative estimate of drug-likeness (QED) is 0.447. The second-order valence-electron chi connectivity index (χ2n) is 6.30. The average molecular weight is 351 g/mol. The molecule has 0 fully saturated rings. The summed E-state index contributed by atoms with van der Waals surface area (Å²) in [5, 5.41) is 0. The number of carbonyl (C=O) groups excluding carboxylic acids is 1. The zero-order valence-electron chi connectivity index (χ0n) is 15.6. The number of ether oxygens (including phenoxy) is 1. The highest BCUT2D eigenvalue weighted by Gasteiger charge is 2.25. The third-order valence-corrected chi connectivity index (χ3v) is 4.45. The van der Waals surface area contributed by atoms with Gasteiger partial charge in [0.15, 0.2) is 0 Å². The normalized spacial score (nSPS) is 11.9. The van der Waals surface area contributed by atoms with Crippen LogP contribution in [-0.4, -0.2) is 36.6 Å². The minimum absolute atomic E-state index is 0.159. The third kappa shape index (κ3) is 6.49. The van der Waals surface area contributed by atoms with E-state index in [2.05, 4.69) is 60.0 Å². The van der Waals surface area contributed by atoms with Gasteiger partial charge in [-0.1, -0.05) is 66.7 Å². The molecule has 0 bridgehead atoms. The van der Waals surface area contributed by atoms with Gasteiger partial charge in [0.1, 0.15) is 6.04 Å². The Balaban J connectivity index is 2.09. The Kier molecular flexibility index (Phi) is 8.64. The molecular formula is C23H29NO2. The number of hydrogen-bond donors (Lipinski definition) is 0. The van der Waals surface area contributed by atoms with Gasteiger partial charge < -0.3 is 4.74 Å². The monoisotopic (exact) mass is 351 g/mol. The molecule has 0 spiro atoms. The molecule has 0 saturated carbocycles. The van der Waals surface area contributed by atoms with Crippen molar-refractivity contribution in [1.82, 2.24) is 4.90 Å². The standard InChI is InChI=1S/C23H29NO2/c1-3-11-22(23(25)26-4-2)24(18-16-20-12-7-5-8-13-20)19-17-21-14-9-6-10-15-21/h3,5-10,12-15,22H,1,4,11,16-19H2,2H3. The lowest BCUT2D eigenvalue weighted by molar-refractivity contribution is -0.149. The number of hydrogen-bond acceptors (Lipinski definition) is 3. The zero-order valence-corrected chi connectivity index (χ0v) is 15.6. The van der Waals surface area contributed by atoms with Crippen LogP contribution in [0.5, 0.6) is 0 Å². The zero-order chi connectivity index (χ0) is 18.6. The van der Waals surface area contributed by atoms with Crippen LogP contribution in [0.3, 0.4) is 0 Å². The highest BCUT2D eigenvalue weighted by molar-refractivity contribution is 5.76. The molecule has 138 valence electrons. The van der Waals surface area contributed by atoms with E-state index in [4.69, 9.17) is 4.74 Å². The molecule has 1 unspecified atom stereocenters. The molecule has 0 saturated heterocycles. The molecule has 2 rings (SSSR count). The Bertz CT molecular complexity index is 611. The maximum absolute atomic E-state index is 12.5. The lowest BCUT2D eigenvalue weighted by atomic mass is 10.1. The molecule has 0 heterocycles. The molecule has 0 aliphatic heterocycles. The van der Waals surface area contributed by atoms with Crippen molar-refractivity contribution in [3.8, 4) is 0 Å². The highest BCUT2D eigenvalue weighted by atomic mass is 16.5. The number of carbonyl (C=O) groups is 1. The van der Waals surface area contributed by atoms with Crippen molar-refractivity contribution in [2.45, 2.75) is 32.2 Å². The van der Waals surface area contributed by atoms with Crippen LogP contribution in [0.25, 0.3) is 0 Å². The summed E-state index contributed by atoms with van der Waals surface area (Å²) < 4.78 is 5.31. The van der Waals surface area contributed by atoms with Crippen molar-refractivity contribution in [1.29, 1.82) is 0 Å². The van der Waals surface area contributed by atoms with Gasteiger partial charge in [-0.2, -0.15) is 0 Å². The van der Waals surface area contributed by atoms with E-state index in [0.29, 0.717) is 13.0 Å². The van der Waals surface area contributed by atoms with E-state index in [1.54, 1.807) is 6.08 Å². The van der Waals surface area contributed by atoms with Gasteiger partial charge >= 0.3 is 5.97 Å². The van der Waals surface area contributed by atoms with Crippen LogP contribution in [0.2, 0.25) is 0 Å². The first-order chi connectivity index (χ1) is 12.7. The molecule has 0 N–H and O–H groups in total. The van der Waals surface area contributed by atoms with Crippen molar-refractivity contribution >= 4 is 5.97 Å². The first-order valence-electron chi connectivity index (χ1n) is 9.34. The fourth-order valence-electron chi connectivity index (χ4n) is 3.05. The van der Waals surface area contributed by atoms with E-state index in [0.717, 1.165) is 25.9 Å². The van der Waals surface area contributed by atoms with Crippen molar-refractivity contribution in [3.05, 3.63) is 84.4 Å². The SMILES string of the molecule is C=CCC(C(=O)OCC)N(CCc1ccccc1)CCc1ccccc1. The van der Waals surface area contributed by atoms with E-state index in [-0.39, 0.29) is 12.0 Å². The second-order valence-corrected chi connectivity index (χ2v) is 6.30. The van der Waals surface area contributed by atoms with Gasteiger partial charge in [0, 0.05) is 13.1 Å². The van der Waals surface area contributed by atoms with Crippen molar-refractivity contribution in [2.75, 3.05) is 19.7 Å². The van der Waals surface area contributed by atoms with Gasteiger partial charge in [0.2, 0.25) is 0 Å². The van der Waals surface area contributed by atoms with Crippen LogP contribution in [0.15, 0.2) is 73.3 Å². The molecule has 3 heteroatoms. The first-order valence-corrected chi connectivity index (χ1v) is 9.34. The van der Waals surface area contributed by atoms with Crippen LogP contribution in [0, 0.1) is 0 Å². The molecule has 0 amide bonds.